The van der Waals surface area contributed by atoms with Gasteiger partial charge in [0.2, 0.25) is 11.9 Å². The summed E-state index contributed by atoms with van der Waals surface area (Å²) in [5.41, 5.74) is 1.78. The molecule has 4 heterocycles. The number of hydrogen-bond acceptors (Lipinski definition) is 8. The number of nitrogens with zero attached hydrogens (tertiary/aromatic N) is 5. The number of alkyl halides is 2. The van der Waals surface area contributed by atoms with Crippen LogP contribution in [0.4, 0.5) is 31.5 Å². The zero-order valence-electron chi connectivity index (χ0n) is 19.1. The molecule has 12 heteroatoms. The largest absolute Gasteiger partial charge is 0.329 e. The molecule has 1 aliphatic heterocycles. The number of amides is 1. The van der Waals surface area contributed by atoms with Crippen molar-refractivity contribution < 1.29 is 13.6 Å². The van der Waals surface area contributed by atoms with Gasteiger partial charge in [-0.05, 0) is 25.7 Å². The molecule has 3 aliphatic rings. The van der Waals surface area contributed by atoms with E-state index in [-0.39, 0.29) is 11.9 Å². The molecule has 1 saturated carbocycles. The lowest BCUT2D eigenvalue weighted by Crippen LogP contribution is -2.40. The van der Waals surface area contributed by atoms with Gasteiger partial charge < -0.3 is 15.5 Å². The fourth-order valence-electron chi connectivity index (χ4n) is 5.37. The molecule has 3 N–H and O–H groups in total. The molecule has 1 amide bonds. The summed E-state index contributed by atoms with van der Waals surface area (Å²) in [7, 11) is 0. The zero-order chi connectivity index (χ0) is 24.0. The molecular weight excluding hydrogens is 474 g/mol. The Bertz CT molecular complexity index is 1220. The molecule has 0 radical (unpaired) electrons. The van der Waals surface area contributed by atoms with Gasteiger partial charge in [0.15, 0.2) is 10.9 Å². The molecule has 184 valence electrons. The molecule has 6 rings (SSSR count). The smallest absolute Gasteiger partial charge is 0.257 e. The molecule has 35 heavy (non-hydrogen) atoms. The van der Waals surface area contributed by atoms with Gasteiger partial charge in [-0.2, -0.15) is 10.1 Å². The molecule has 9 nitrogen and oxygen atoms in total. The van der Waals surface area contributed by atoms with Crippen LogP contribution in [0.25, 0.3) is 0 Å². The highest BCUT2D eigenvalue weighted by molar-refractivity contribution is 7.13. The van der Waals surface area contributed by atoms with E-state index >= 15 is 0 Å². The minimum absolute atomic E-state index is 0.199. The van der Waals surface area contributed by atoms with Gasteiger partial charge in [0.25, 0.3) is 5.92 Å². The lowest BCUT2D eigenvalue weighted by atomic mass is 10.0. The van der Waals surface area contributed by atoms with Crippen molar-refractivity contribution in [2.45, 2.75) is 69.2 Å². The number of H-pyrrole nitrogens is 1. The van der Waals surface area contributed by atoms with Gasteiger partial charge in [0.1, 0.15) is 11.9 Å². The Kier molecular flexibility index (Phi) is 5.62. The molecule has 3 aromatic rings. The average Bonchev–Trinajstić information content (AvgIpc) is 3.63. The van der Waals surface area contributed by atoms with Crippen molar-refractivity contribution in [3.05, 3.63) is 34.6 Å². The van der Waals surface area contributed by atoms with E-state index in [1.165, 1.54) is 24.2 Å². The molecule has 0 spiro atoms. The highest BCUT2D eigenvalue weighted by atomic mass is 32.1. The van der Waals surface area contributed by atoms with Crippen LogP contribution in [0, 0.1) is 0 Å². The number of aromatic amines is 1. The Hall–Kier alpha value is -3.15. The molecule has 0 aromatic carbocycles. The zero-order valence-corrected chi connectivity index (χ0v) is 19.9. The molecule has 2 fully saturated rings. The number of fused-ring (bicyclic) bond motifs is 1. The van der Waals surface area contributed by atoms with Crippen molar-refractivity contribution >= 4 is 40.0 Å². The summed E-state index contributed by atoms with van der Waals surface area (Å²) in [6.45, 7) is 0.568. The predicted octanol–water partition coefficient (Wildman–Crippen LogP) is 4.40. The van der Waals surface area contributed by atoms with Crippen LogP contribution in [0.3, 0.4) is 0 Å². The maximum Gasteiger partial charge on any atom is 0.257 e. The minimum atomic E-state index is -2.88. The Morgan fingerprint density at radius 1 is 1.17 bits per heavy atom. The van der Waals surface area contributed by atoms with Crippen LogP contribution in [0.2, 0.25) is 0 Å². The van der Waals surface area contributed by atoms with Gasteiger partial charge in [-0.3, -0.25) is 9.89 Å². The lowest BCUT2D eigenvalue weighted by Gasteiger charge is -2.24. The van der Waals surface area contributed by atoms with E-state index in [1.54, 1.807) is 16.5 Å². The van der Waals surface area contributed by atoms with Crippen molar-refractivity contribution in [1.82, 2.24) is 25.1 Å². The number of halogens is 2. The van der Waals surface area contributed by atoms with E-state index in [2.05, 4.69) is 35.8 Å². The standard InChI is InChI=1S/C23H26F2N8OS/c24-23(25)11-14-16(12-23)27-21(33-8-3-6-17(33)20(34)30-22-26-7-9-35-22)29-19(14)28-18-10-15(31-32-18)13-4-1-2-5-13/h7,9-10,13,17H,1-6,8,11-12H2,(H,26,30,34)(H2,27,28,29,31,32). The Labute approximate surface area is 204 Å². The second kappa shape index (κ2) is 8.81. The van der Waals surface area contributed by atoms with Crippen LogP contribution in [0.15, 0.2) is 17.6 Å². The number of aromatic nitrogens is 5. The molecule has 1 unspecified atom stereocenters. The monoisotopic (exact) mass is 500 g/mol. The van der Waals surface area contributed by atoms with Crippen LogP contribution in [-0.2, 0) is 17.6 Å². The summed E-state index contributed by atoms with van der Waals surface area (Å²) < 4.78 is 28.8. The topological polar surface area (TPSA) is 112 Å². The fourth-order valence-corrected chi connectivity index (χ4v) is 5.90. The first-order valence-electron chi connectivity index (χ1n) is 12.0. The maximum atomic E-state index is 14.4. The second-order valence-corrected chi connectivity index (χ2v) is 10.4. The number of nitrogens with one attached hydrogen (secondary N) is 3. The van der Waals surface area contributed by atoms with Gasteiger partial charge in [0.05, 0.1) is 12.1 Å². The third-order valence-electron chi connectivity index (χ3n) is 7.06. The van der Waals surface area contributed by atoms with Crippen molar-refractivity contribution in [3.63, 3.8) is 0 Å². The first-order chi connectivity index (χ1) is 16.9. The van der Waals surface area contributed by atoms with Gasteiger partial charge in [0, 0.05) is 47.8 Å². The van der Waals surface area contributed by atoms with E-state index in [1.807, 2.05) is 6.07 Å². The van der Waals surface area contributed by atoms with Crippen LogP contribution < -0.4 is 15.5 Å². The fraction of sp³-hybridized carbons (Fsp3) is 0.522. The van der Waals surface area contributed by atoms with E-state index in [0.29, 0.717) is 46.9 Å². The Morgan fingerprint density at radius 2 is 2.03 bits per heavy atom. The molecule has 1 atom stereocenters. The predicted molar refractivity (Wildman–Crippen MR) is 129 cm³/mol. The van der Waals surface area contributed by atoms with Gasteiger partial charge in [-0.25, -0.2) is 18.7 Å². The van der Waals surface area contributed by atoms with Crippen LogP contribution in [0.5, 0.6) is 0 Å². The Morgan fingerprint density at radius 3 is 2.83 bits per heavy atom. The summed E-state index contributed by atoms with van der Waals surface area (Å²) in [4.78, 5) is 28.0. The van der Waals surface area contributed by atoms with Crippen molar-refractivity contribution in [3.8, 4) is 0 Å². The second-order valence-electron chi connectivity index (χ2n) is 9.50. The molecule has 0 bridgehead atoms. The third kappa shape index (κ3) is 4.46. The number of carbonyl (C=O) groups excluding carboxylic acids is 1. The van der Waals surface area contributed by atoms with E-state index in [4.69, 9.17) is 0 Å². The number of carbonyl (C=O) groups is 1. The van der Waals surface area contributed by atoms with Gasteiger partial charge in [-0.15, -0.1) is 11.3 Å². The van der Waals surface area contributed by atoms with Crippen LogP contribution in [0.1, 0.15) is 61.4 Å². The highest BCUT2D eigenvalue weighted by Gasteiger charge is 2.42. The van der Waals surface area contributed by atoms with Gasteiger partial charge in [-0.1, -0.05) is 12.8 Å². The minimum Gasteiger partial charge on any atom is -0.329 e. The maximum absolute atomic E-state index is 14.4. The molecular formula is C23H26F2N8OS. The van der Waals surface area contributed by atoms with E-state index in [0.717, 1.165) is 25.0 Å². The SMILES string of the molecule is O=C(Nc1nccs1)C1CCCN1c1nc2c(c(Nc3cc(C4CCCC4)[nH]n3)n1)CC(F)(F)C2. The molecule has 2 aliphatic carbocycles. The average molecular weight is 501 g/mol. The Balaban J connectivity index is 1.29. The first kappa shape index (κ1) is 22.3. The number of rotatable bonds is 6. The molecule has 1 saturated heterocycles. The lowest BCUT2D eigenvalue weighted by molar-refractivity contribution is -0.117. The summed E-state index contributed by atoms with van der Waals surface area (Å²) in [5, 5.41) is 15.8. The summed E-state index contributed by atoms with van der Waals surface area (Å²) >= 11 is 1.34. The first-order valence-corrected chi connectivity index (χ1v) is 12.9. The van der Waals surface area contributed by atoms with Crippen molar-refractivity contribution in [2.75, 3.05) is 22.1 Å². The van der Waals surface area contributed by atoms with E-state index < -0.39 is 24.8 Å². The summed E-state index contributed by atoms with van der Waals surface area (Å²) in [5.74, 6) is -1.46. The molecule has 3 aromatic heterocycles. The summed E-state index contributed by atoms with van der Waals surface area (Å²) in [6, 6.07) is 1.45. The van der Waals surface area contributed by atoms with E-state index in [9.17, 15) is 13.6 Å². The van der Waals surface area contributed by atoms with Gasteiger partial charge >= 0.3 is 0 Å². The number of anilines is 4. The number of hydrogen-bond donors (Lipinski definition) is 3. The quantitative estimate of drug-likeness (QED) is 0.460. The normalized spacial score (nSPS) is 21.4. The van der Waals surface area contributed by atoms with Crippen molar-refractivity contribution in [2.24, 2.45) is 0 Å². The number of thiazole rings is 1. The van der Waals surface area contributed by atoms with Crippen LogP contribution >= 0.6 is 11.3 Å². The highest BCUT2D eigenvalue weighted by Crippen LogP contribution is 2.40. The van der Waals surface area contributed by atoms with Crippen LogP contribution in [-0.4, -0.2) is 49.6 Å². The van der Waals surface area contributed by atoms with Crippen molar-refractivity contribution in [1.29, 1.82) is 0 Å². The third-order valence-corrected chi connectivity index (χ3v) is 7.74. The summed E-state index contributed by atoms with van der Waals surface area (Å²) in [6.07, 6.45) is 6.83.